The summed E-state index contributed by atoms with van der Waals surface area (Å²) < 4.78 is 5.58. The molecule has 0 radical (unpaired) electrons. The number of hydrogen-bond acceptors (Lipinski definition) is 3. The molecule has 0 bridgehead atoms. The van der Waals surface area contributed by atoms with Gasteiger partial charge >= 0.3 is 0 Å². The zero-order valence-electron chi connectivity index (χ0n) is 14.3. The molecular formula is C20H22ClNO3. The molecule has 0 spiro atoms. The smallest absolute Gasteiger partial charge is 0.224 e. The van der Waals surface area contributed by atoms with Crippen molar-refractivity contribution in [3.8, 4) is 5.75 Å². The minimum atomic E-state index is -0.193. The van der Waals surface area contributed by atoms with Crippen LogP contribution in [0.4, 0.5) is 5.69 Å². The second-order valence-corrected chi connectivity index (χ2v) is 6.14. The molecule has 132 valence electrons. The van der Waals surface area contributed by atoms with Crippen molar-refractivity contribution in [3.05, 3.63) is 59.1 Å². The Balaban J connectivity index is 1.77. The number of ketones is 1. The fourth-order valence-electron chi connectivity index (χ4n) is 2.20. The standard InChI is InChI=1S/C20H22ClNO3/c1-2-3-14-25-18-10-8-17(9-11-18)22-20(24)13-12-19(23)15-4-6-16(21)7-5-15/h4-11H,2-3,12-14H2,1H3,(H,22,24). The van der Waals surface area contributed by atoms with Gasteiger partial charge in [0.2, 0.25) is 5.91 Å². The van der Waals surface area contributed by atoms with E-state index in [1.54, 1.807) is 36.4 Å². The summed E-state index contributed by atoms with van der Waals surface area (Å²) in [6.07, 6.45) is 2.39. The Morgan fingerprint density at radius 1 is 1.00 bits per heavy atom. The zero-order chi connectivity index (χ0) is 18.1. The van der Waals surface area contributed by atoms with Crippen LogP contribution in [0.1, 0.15) is 43.0 Å². The van der Waals surface area contributed by atoms with Crippen LogP contribution in [0.5, 0.6) is 5.75 Å². The van der Waals surface area contributed by atoms with Gasteiger partial charge in [0, 0.05) is 29.1 Å². The lowest BCUT2D eigenvalue weighted by Gasteiger charge is -2.08. The average molecular weight is 360 g/mol. The van der Waals surface area contributed by atoms with Crippen molar-refractivity contribution in [2.45, 2.75) is 32.6 Å². The molecule has 0 atom stereocenters. The van der Waals surface area contributed by atoms with E-state index >= 15 is 0 Å². The molecule has 1 N–H and O–H groups in total. The third-order valence-corrected chi connectivity index (χ3v) is 3.90. The van der Waals surface area contributed by atoms with Crippen LogP contribution in [0, 0.1) is 0 Å². The normalized spacial score (nSPS) is 10.3. The van der Waals surface area contributed by atoms with E-state index in [-0.39, 0.29) is 24.5 Å². The second-order valence-electron chi connectivity index (χ2n) is 5.70. The van der Waals surface area contributed by atoms with Gasteiger partial charge < -0.3 is 10.1 Å². The molecule has 0 aliphatic rings. The summed E-state index contributed by atoms with van der Waals surface area (Å²) in [5, 5.41) is 3.36. The van der Waals surface area contributed by atoms with Crippen LogP contribution < -0.4 is 10.1 Å². The molecule has 0 unspecified atom stereocenters. The van der Waals surface area contributed by atoms with Crippen LogP contribution in [0.3, 0.4) is 0 Å². The molecular weight excluding hydrogens is 338 g/mol. The summed E-state index contributed by atoms with van der Waals surface area (Å²) >= 11 is 5.80. The first kappa shape index (κ1) is 19.0. The van der Waals surface area contributed by atoms with Crippen LogP contribution in [0.2, 0.25) is 5.02 Å². The number of ether oxygens (including phenoxy) is 1. The van der Waals surface area contributed by atoms with Crippen molar-refractivity contribution in [1.29, 1.82) is 0 Å². The van der Waals surface area contributed by atoms with Crippen molar-refractivity contribution in [2.24, 2.45) is 0 Å². The summed E-state index contributed by atoms with van der Waals surface area (Å²) in [4.78, 5) is 24.0. The van der Waals surface area contributed by atoms with E-state index in [0.29, 0.717) is 22.9 Å². The number of carbonyl (C=O) groups is 2. The molecule has 0 aromatic heterocycles. The lowest BCUT2D eigenvalue weighted by atomic mass is 10.1. The lowest BCUT2D eigenvalue weighted by molar-refractivity contribution is -0.116. The first-order valence-corrected chi connectivity index (χ1v) is 8.77. The third kappa shape index (κ3) is 6.59. The molecule has 2 rings (SSSR count). The minimum Gasteiger partial charge on any atom is -0.494 e. The van der Waals surface area contributed by atoms with Crippen LogP contribution in [-0.4, -0.2) is 18.3 Å². The zero-order valence-corrected chi connectivity index (χ0v) is 15.0. The van der Waals surface area contributed by atoms with E-state index in [1.807, 2.05) is 12.1 Å². The van der Waals surface area contributed by atoms with Gasteiger partial charge in [-0.2, -0.15) is 0 Å². The van der Waals surface area contributed by atoms with Crippen molar-refractivity contribution < 1.29 is 14.3 Å². The highest BCUT2D eigenvalue weighted by atomic mass is 35.5. The number of unbranched alkanes of at least 4 members (excludes halogenated alkanes) is 1. The van der Waals surface area contributed by atoms with Crippen molar-refractivity contribution in [3.63, 3.8) is 0 Å². The molecule has 2 aromatic carbocycles. The average Bonchev–Trinajstić information content (AvgIpc) is 2.62. The Hall–Kier alpha value is -2.33. The Morgan fingerprint density at radius 3 is 2.32 bits per heavy atom. The number of rotatable bonds is 9. The third-order valence-electron chi connectivity index (χ3n) is 3.65. The van der Waals surface area contributed by atoms with Crippen LogP contribution >= 0.6 is 11.6 Å². The summed E-state index contributed by atoms with van der Waals surface area (Å²) in [6.45, 7) is 2.80. The first-order valence-electron chi connectivity index (χ1n) is 8.40. The maximum absolute atomic E-state index is 12.0. The fraction of sp³-hybridized carbons (Fsp3) is 0.300. The predicted molar refractivity (Wildman–Crippen MR) is 100 cm³/mol. The Morgan fingerprint density at radius 2 is 1.68 bits per heavy atom. The first-order chi connectivity index (χ1) is 12.1. The number of halogens is 1. The van der Waals surface area contributed by atoms with E-state index in [1.165, 1.54) is 0 Å². The highest BCUT2D eigenvalue weighted by Crippen LogP contribution is 2.17. The van der Waals surface area contributed by atoms with Crippen molar-refractivity contribution >= 4 is 29.0 Å². The molecule has 0 saturated heterocycles. The number of Topliss-reactive ketones (excluding diaryl/α,β-unsaturated/α-hetero) is 1. The van der Waals surface area contributed by atoms with Gasteiger partial charge in [0.05, 0.1) is 6.61 Å². The van der Waals surface area contributed by atoms with Gasteiger partial charge in [0.25, 0.3) is 0 Å². The van der Waals surface area contributed by atoms with E-state index in [4.69, 9.17) is 16.3 Å². The maximum Gasteiger partial charge on any atom is 0.224 e. The van der Waals surface area contributed by atoms with Gasteiger partial charge in [-0.15, -0.1) is 0 Å². The molecule has 0 aliphatic carbocycles. The van der Waals surface area contributed by atoms with Gasteiger partial charge in [-0.3, -0.25) is 9.59 Å². The van der Waals surface area contributed by atoms with Gasteiger partial charge in [0.1, 0.15) is 5.75 Å². The summed E-state index contributed by atoms with van der Waals surface area (Å²) in [6, 6.07) is 13.9. The fourth-order valence-corrected chi connectivity index (χ4v) is 2.33. The molecule has 25 heavy (non-hydrogen) atoms. The summed E-state index contributed by atoms with van der Waals surface area (Å²) in [5.41, 5.74) is 1.25. The van der Waals surface area contributed by atoms with Gasteiger partial charge in [0.15, 0.2) is 5.78 Å². The monoisotopic (exact) mass is 359 g/mol. The SMILES string of the molecule is CCCCOc1ccc(NC(=O)CCC(=O)c2ccc(Cl)cc2)cc1. The number of amides is 1. The van der Waals surface area contributed by atoms with Gasteiger partial charge in [-0.25, -0.2) is 0 Å². The Labute approximate surface area is 153 Å². The number of carbonyl (C=O) groups excluding carboxylic acids is 2. The Bertz CT molecular complexity index is 696. The Kier molecular flexibility index (Phi) is 7.48. The number of anilines is 1. The number of nitrogens with one attached hydrogen (secondary N) is 1. The topological polar surface area (TPSA) is 55.4 Å². The van der Waals surface area contributed by atoms with Gasteiger partial charge in [-0.1, -0.05) is 24.9 Å². The van der Waals surface area contributed by atoms with Crippen LogP contribution in [0.25, 0.3) is 0 Å². The van der Waals surface area contributed by atoms with Crippen LogP contribution in [0.15, 0.2) is 48.5 Å². The van der Waals surface area contributed by atoms with E-state index < -0.39 is 0 Å². The minimum absolute atomic E-state index is 0.0773. The second kappa shape index (κ2) is 9.84. The number of benzene rings is 2. The maximum atomic E-state index is 12.0. The molecule has 0 fully saturated rings. The molecule has 0 heterocycles. The molecule has 1 amide bonds. The number of hydrogen-bond donors (Lipinski definition) is 1. The summed E-state index contributed by atoms with van der Waals surface area (Å²) in [5.74, 6) is 0.512. The van der Waals surface area contributed by atoms with E-state index in [2.05, 4.69) is 12.2 Å². The van der Waals surface area contributed by atoms with E-state index in [0.717, 1.165) is 18.6 Å². The molecule has 4 nitrogen and oxygen atoms in total. The quantitative estimate of drug-likeness (QED) is 0.499. The van der Waals surface area contributed by atoms with E-state index in [9.17, 15) is 9.59 Å². The molecule has 5 heteroatoms. The molecule has 0 aliphatic heterocycles. The largest absolute Gasteiger partial charge is 0.494 e. The molecule has 0 saturated carbocycles. The highest BCUT2D eigenvalue weighted by Gasteiger charge is 2.09. The van der Waals surface area contributed by atoms with Crippen LogP contribution in [-0.2, 0) is 4.79 Å². The van der Waals surface area contributed by atoms with Crippen molar-refractivity contribution in [1.82, 2.24) is 0 Å². The molecule has 2 aromatic rings. The lowest BCUT2D eigenvalue weighted by Crippen LogP contribution is -2.13. The predicted octanol–water partition coefficient (Wildman–Crippen LogP) is 5.12. The van der Waals surface area contributed by atoms with Crippen molar-refractivity contribution in [2.75, 3.05) is 11.9 Å². The summed E-state index contributed by atoms with van der Waals surface area (Å²) in [7, 11) is 0. The van der Waals surface area contributed by atoms with Gasteiger partial charge in [-0.05, 0) is 55.0 Å². The highest BCUT2D eigenvalue weighted by molar-refractivity contribution is 6.30.